The Morgan fingerprint density at radius 1 is 1.23 bits per heavy atom. The Bertz CT molecular complexity index is 1120. The molecule has 9 heteroatoms. The van der Waals surface area contributed by atoms with Gasteiger partial charge in [0.15, 0.2) is 11.5 Å². The molecule has 2 aliphatic rings. The largest absolute Gasteiger partial charge is 0.381 e. The minimum Gasteiger partial charge on any atom is -0.381 e. The number of nitrogens with one attached hydrogen (secondary N) is 1. The third-order valence-corrected chi connectivity index (χ3v) is 5.70. The van der Waals surface area contributed by atoms with Crippen molar-refractivity contribution in [3.05, 3.63) is 52.0 Å². The van der Waals surface area contributed by atoms with Crippen LogP contribution in [-0.4, -0.2) is 50.9 Å². The van der Waals surface area contributed by atoms with Crippen molar-refractivity contribution in [1.82, 2.24) is 25.2 Å². The average molecular weight is 409 g/mol. The molecule has 3 aromatic rings. The van der Waals surface area contributed by atoms with Crippen LogP contribution in [0.15, 0.2) is 33.6 Å². The molecule has 5 rings (SSSR count). The first-order valence-electron chi connectivity index (χ1n) is 10.4. The SMILES string of the molecule is O=C(c1n[nH]c(=O)c2ccccc12)N1CCCC1c1nc(CCOCC2CC2)no1. The molecule has 0 spiro atoms. The van der Waals surface area contributed by atoms with Gasteiger partial charge in [-0.2, -0.15) is 10.1 Å². The summed E-state index contributed by atoms with van der Waals surface area (Å²) in [6, 6.07) is 6.68. The van der Waals surface area contributed by atoms with Gasteiger partial charge in [0, 0.05) is 25.0 Å². The number of carbonyl (C=O) groups excluding carboxylic acids is 1. The fourth-order valence-electron chi connectivity index (χ4n) is 3.88. The summed E-state index contributed by atoms with van der Waals surface area (Å²) in [4.78, 5) is 31.5. The summed E-state index contributed by atoms with van der Waals surface area (Å²) >= 11 is 0. The van der Waals surface area contributed by atoms with E-state index in [4.69, 9.17) is 9.26 Å². The fourth-order valence-corrected chi connectivity index (χ4v) is 3.88. The molecular weight excluding hydrogens is 386 g/mol. The lowest BCUT2D eigenvalue weighted by atomic mass is 10.1. The number of amides is 1. The van der Waals surface area contributed by atoms with E-state index in [9.17, 15) is 9.59 Å². The van der Waals surface area contributed by atoms with Crippen LogP contribution in [0.25, 0.3) is 10.8 Å². The quantitative estimate of drug-likeness (QED) is 0.595. The Morgan fingerprint density at radius 3 is 2.90 bits per heavy atom. The van der Waals surface area contributed by atoms with E-state index in [1.807, 2.05) is 0 Å². The number of H-pyrrole nitrogens is 1. The average Bonchev–Trinajstić information content (AvgIpc) is 3.25. The molecule has 0 bridgehead atoms. The highest BCUT2D eigenvalue weighted by Crippen LogP contribution is 2.33. The van der Waals surface area contributed by atoms with Crippen LogP contribution in [0.1, 0.15) is 53.9 Å². The van der Waals surface area contributed by atoms with Crippen molar-refractivity contribution in [2.24, 2.45) is 5.92 Å². The molecule has 0 radical (unpaired) electrons. The molecule has 1 atom stereocenters. The molecule has 1 saturated heterocycles. The summed E-state index contributed by atoms with van der Waals surface area (Å²) < 4.78 is 11.1. The van der Waals surface area contributed by atoms with E-state index >= 15 is 0 Å². The maximum atomic E-state index is 13.3. The van der Waals surface area contributed by atoms with Crippen molar-refractivity contribution in [2.75, 3.05) is 19.8 Å². The van der Waals surface area contributed by atoms with E-state index in [-0.39, 0.29) is 23.2 Å². The first kappa shape index (κ1) is 18.9. The lowest BCUT2D eigenvalue weighted by molar-refractivity contribution is 0.0705. The number of nitrogens with zero attached hydrogens (tertiary/aromatic N) is 4. The maximum Gasteiger partial charge on any atom is 0.275 e. The van der Waals surface area contributed by atoms with Gasteiger partial charge in [-0.05, 0) is 37.7 Å². The second kappa shape index (κ2) is 7.98. The van der Waals surface area contributed by atoms with Crippen molar-refractivity contribution < 1.29 is 14.1 Å². The molecule has 1 amide bonds. The molecule has 30 heavy (non-hydrogen) atoms. The molecule has 9 nitrogen and oxygen atoms in total. The van der Waals surface area contributed by atoms with Crippen molar-refractivity contribution in [3.63, 3.8) is 0 Å². The molecule has 1 N–H and O–H groups in total. The lowest BCUT2D eigenvalue weighted by Gasteiger charge is -2.21. The molecule has 1 unspecified atom stereocenters. The van der Waals surface area contributed by atoms with Gasteiger partial charge in [-0.15, -0.1) is 0 Å². The van der Waals surface area contributed by atoms with Gasteiger partial charge in [-0.25, -0.2) is 5.10 Å². The fraction of sp³-hybridized carbons (Fsp3) is 0.476. The van der Waals surface area contributed by atoms with Crippen molar-refractivity contribution in [3.8, 4) is 0 Å². The molecule has 1 aliphatic heterocycles. The summed E-state index contributed by atoms with van der Waals surface area (Å²) in [7, 11) is 0. The van der Waals surface area contributed by atoms with Crippen LogP contribution in [0.3, 0.4) is 0 Å². The van der Waals surface area contributed by atoms with Gasteiger partial charge in [0.2, 0.25) is 5.89 Å². The van der Waals surface area contributed by atoms with Gasteiger partial charge >= 0.3 is 0 Å². The van der Waals surface area contributed by atoms with Crippen LogP contribution < -0.4 is 5.56 Å². The number of benzene rings is 1. The van der Waals surface area contributed by atoms with Crippen LogP contribution in [-0.2, 0) is 11.2 Å². The zero-order valence-electron chi connectivity index (χ0n) is 16.5. The van der Waals surface area contributed by atoms with E-state index in [0.29, 0.717) is 42.1 Å². The third-order valence-electron chi connectivity index (χ3n) is 5.70. The van der Waals surface area contributed by atoms with Gasteiger partial charge < -0.3 is 14.2 Å². The Balaban J connectivity index is 1.32. The Labute approximate surface area is 172 Å². The van der Waals surface area contributed by atoms with E-state index in [0.717, 1.165) is 25.4 Å². The lowest BCUT2D eigenvalue weighted by Crippen LogP contribution is -2.32. The minimum absolute atomic E-state index is 0.227. The number of aromatic amines is 1. The van der Waals surface area contributed by atoms with Crippen LogP contribution in [0.4, 0.5) is 0 Å². The van der Waals surface area contributed by atoms with Gasteiger partial charge in [-0.1, -0.05) is 23.4 Å². The number of hydrogen-bond donors (Lipinski definition) is 1. The molecular formula is C21H23N5O4. The highest BCUT2D eigenvalue weighted by molar-refractivity contribution is 6.04. The monoisotopic (exact) mass is 409 g/mol. The predicted molar refractivity (Wildman–Crippen MR) is 107 cm³/mol. The smallest absolute Gasteiger partial charge is 0.275 e. The summed E-state index contributed by atoms with van der Waals surface area (Å²) in [6.45, 7) is 1.94. The van der Waals surface area contributed by atoms with Crippen LogP contribution in [0.2, 0.25) is 0 Å². The maximum absolute atomic E-state index is 13.3. The predicted octanol–water partition coefficient (Wildman–Crippen LogP) is 2.25. The molecule has 1 saturated carbocycles. The van der Waals surface area contributed by atoms with Crippen LogP contribution in [0, 0.1) is 5.92 Å². The summed E-state index contributed by atoms with van der Waals surface area (Å²) in [5.74, 6) is 1.50. The number of ether oxygens (including phenoxy) is 1. The zero-order chi connectivity index (χ0) is 20.5. The van der Waals surface area contributed by atoms with Crippen LogP contribution >= 0.6 is 0 Å². The first-order valence-corrected chi connectivity index (χ1v) is 10.4. The number of likely N-dealkylation sites (tertiary alicyclic amines) is 1. The van der Waals surface area contributed by atoms with E-state index in [2.05, 4.69) is 20.3 Å². The highest BCUT2D eigenvalue weighted by Gasteiger charge is 2.36. The molecule has 2 aromatic heterocycles. The van der Waals surface area contributed by atoms with Gasteiger partial charge in [0.05, 0.1) is 12.0 Å². The van der Waals surface area contributed by atoms with E-state index < -0.39 is 0 Å². The Morgan fingerprint density at radius 2 is 2.07 bits per heavy atom. The summed E-state index contributed by atoms with van der Waals surface area (Å²) in [5, 5.41) is 11.5. The summed E-state index contributed by atoms with van der Waals surface area (Å²) in [6.07, 6.45) is 4.68. The Kier molecular flexibility index (Phi) is 5.04. The van der Waals surface area contributed by atoms with Crippen molar-refractivity contribution in [1.29, 1.82) is 0 Å². The standard InChI is InChI=1S/C21H23N5O4/c27-19-15-5-2-1-4-14(15)18(23-24-19)21(28)26-10-3-6-16(26)20-22-17(25-30-20)9-11-29-12-13-7-8-13/h1-2,4-5,13,16H,3,6-12H2,(H,24,27). The molecule has 1 aromatic carbocycles. The van der Waals surface area contributed by atoms with Gasteiger partial charge in [0.25, 0.3) is 11.5 Å². The molecule has 156 valence electrons. The topological polar surface area (TPSA) is 114 Å². The number of fused-ring (bicyclic) bond motifs is 1. The van der Waals surface area contributed by atoms with Gasteiger partial charge in [0.1, 0.15) is 6.04 Å². The normalized spacial score (nSPS) is 18.9. The van der Waals surface area contributed by atoms with Crippen LogP contribution in [0.5, 0.6) is 0 Å². The van der Waals surface area contributed by atoms with E-state index in [1.165, 1.54) is 12.8 Å². The number of carbonyl (C=O) groups is 1. The highest BCUT2D eigenvalue weighted by atomic mass is 16.5. The first-order chi connectivity index (χ1) is 14.7. The number of rotatable bonds is 7. The van der Waals surface area contributed by atoms with Crippen molar-refractivity contribution >= 4 is 16.7 Å². The second-order valence-corrected chi connectivity index (χ2v) is 7.92. The minimum atomic E-state index is -0.314. The molecule has 1 aliphatic carbocycles. The number of aromatic nitrogens is 4. The van der Waals surface area contributed by atoms with E-state index in [1.54, 1.807) is 29.2 Å². The number of hydrogen-bond acceptors (Lipinski definition) is 7. The molecule has 2 fully saturated rings. The third kappa shape index (κ3) is 3.72. The molecule has 3 heterocycles. The Hall–Kier alpha value is -3.07. The van der Waals surface area contributed by atoms with Crippen molar-refractivity contribution in [2.45, 2.75) is 38.1 Å². The van der Waals surface area contributed by atoms with Gasteiger partial charge in [-0.3, -0.25) is 9.59 Å². The second-order valence-electron chi connectivity index (χ2n) is 7.92. The summed E-state index contributed by atoms with van der Waals surface area (Å²) in [5.41, 5.74) is -0.0871. The zero-order valence-corrected chi connectivity index (χ0v) is 16.5.